The smallest absolute Gasteiger partial charge is 0.392 e. The minimum absolute atomic E-state index is 0.0814. The average molecular weight is 375 g/mol. The van der Waals surface area contributed by atoms with Gasteiger partial charge in [0.2, 0.25) is 5.54 Å². The summed E-state index contributed by atoms with van der Waals surface area (Å²) >= 11 is 0. The maximum absolute atomic E-state index is 13.8. The number of aliphatic hydroxyl groups is 1. The zero-order chi connectivity index (χ0) is 19.2. The maximum atomic E-state index is 13.8. The highest BCUT2D eigenvalue weighted by atomic mass is 19.4. The molecular formula is C18H15F6NO. The van der Waals surface area contributed by atoms with E-state index in [4.69, 9.17) is 5.11 Å². The van der Waals surface area contributed by atoms with Gasteiger partial charge in [-0.25, -0.2) is 0 Å². The Kier molecular flexibility index (Phi) is 4.42. The zero-order valence-corrected chi connectivity index (χ0v) is 13.4. The van der Waals surface area contributed by atoms with Crippen LogP contribution in [0.2, 0.25) is 0 Å². The molecule has 1 N–H and O–H groups in total. The van der Waals surface area contributed by atoms with Crippen LogP contribution in [-0.4, -0.2) is 23.0 Å². The van der Waals surface area contributed by atoms with Crippen LogP contribution < -0.4 is 4.90 Å². The Bertz CT molecular complexity index is 771. The number of hydrogen-bond donors (Lipinski definition) is 1. The summed E-state index contributed by atoms with van der Waals surface area (Å²) in [5.41, 5.74) is -3.61. The normalized spacial score (nSPS) is 16.7. The first-order valence-corrected chi connectivity index (χ1v) is 7.78. The predicted octanol–water partition coefficient (Wildman–Crippen LogP) is 4.61. The highest BCUT2D eigenvalue weighted by Crippen LogP contribution is 2.56. The lowest BCUT2D eigenvalue weighted by Gasteiger charge is -2.42. The number of alkyl halides is 6. The van der Waals surface area contributed by atoms with Gasteiger partial charge in [-0.15, -0.1) is 0 Å². The lowest BCUT2D eigenvalue weighted by molar-refractivity contribution is -0.295. The molecule has 0 aromatic heterocycles. The second-order valence-corrected chi connectivity index (χ2v) is 6.23. The second kappa shape index (κ2) is 6.19. The van der Waals surface area contributed by atoms with Crippen LogP contribution in [0.15, 0.2) is 48.5 Å². The highest BCUT2D eigenvalue weighted by molar-refractivity contribution is 5.64. The van der Waals surface area contributed by atoms with Crippen LogP contribution in [0.5, 0.6) is 0 Å². The monoisotopic (exact) mass is 375 g/mol. The molecule has 3 rings (SSSR count). The van der Waals surface area contributed by atoms with Gasteiger partial charge in [-0.2, -0.15) is 26.3 Å². The fraction of sp³-hybridized carbons (Fsp3) is 0.333. The van der Waals surface area contributed by atoms with Crippen LogP contribution in [0, 0.1) is 0 Å². The first-order chi connectivity index (χ1) is 12.1. The number of fused-ring (bicyclic) bond motifs is 1. The second-order valence-electron chi connectivity index (χ2n) is 6.23. The van der Waals surface area contributed by atoms with Crippen LogP contribution in [0.3, 0.4) is 0 Å². The van der Waals surface area contributed by atoms with E-state index in [-0.39, 0.29) is 16.8 Å². The Balaban J connectivity index is 2.19. The summed E-state index contributed by atoms with van der Waals surface area (Å²) in [7, 11) is 0. The van der Waals surface area contributed by atoms with Crippen molar-refractivity contribution in [2.45, 2.75) is 37.5 Å². The van der Waals surface area contributed by atoms with Gasteiger partial charge in [0.15, 0.2) is 0 Å². The van der Waals surface area contributed by atoms with Crippen LogP contribution >= 0.6 is 0 Å². The summed E-state index contributed by atoms with van der Waals surface area (Å²) in [6.45, 7) is -0.998. The third kappa shape index (κ3) is 2.82. The molecule has 0 bridgehead atoms. The molecule has 2 nitrogen and oxygen atoms in total. The molecule has 26 heavy (non-hydrogen) atoms. The number of aliphatic hydroxyl groups excluding tert-OH is 1. The molecule has 0 saturated carbocycles. The quantitative estimate of drug-likeness (QED) is 0.793. The molecule has 0 radical (unpaired) electrons. The van der Waals surface area contributed by atoms with E-state index in [9.17, 15) is 26.3 Å². The standard InChI is InChI=1S/C18H15F6NO/c19-17(20,21)16(18(22,23)24)9-14-8-13(11-26)6-7-15(14)25(16)10-12-4-2-1-3-5-12/h1-8,26H,9-11H2. The van der Waals surface area contributed by atoms with Gasteiger partial charge >= 0.3 is 12.4 Å². The third-order valence-electron chi connectivity index (χ3n) is 4.65. The summed E-state index contributed by atoms with van der Waals surface area (Å²) in [6, 6.07) is 11.5. The van der Waals surface area contributed by atoms with Crippen LogP contribution in [0.1, 0.15) is 16.7 Å². The molecule has 140 valence electrons. The van der Waals surface area contributed by atoms with E-state index in [1.807, 2.05) is 0 Å². The van der Waals surface area contributed by atoms with Crippen molar-refractivity contribution < 1.29 is 31.4 Å². The topological polar surface area (TPSA) is 23.5 Å². The van der Waals surface area contributed by atoms with Gasteiger partial charge in [0, 0.05) is 18.7 Å². The van der Waals surface area contributed by atoms with Gasteiger partial charge in [0.25, 0.3) is 0 Å². The number of benzene rings is 2. The van der Waals surface area contributed by atoms with E-state index in [2.05, 4.69) is 0 Å². The molecule has 0 amide bonds. The van der Waals surface area contributed by atoms with Crippen LogP contribution in [0.25, 0.3) is 0 Å². The van der Waals surface area contributed by atoms with E-state index < -0.39 is 37.5 Å². The lowest BCUT2D eigenvalue weighted by Crippen LogP contribution is -2.66. The van der Waals surface area contributed by atoms with Gasteiger partial charge < -0.3 is 10.0 Å². The Morgan fingerprint density at radius 3 is 2.04 bits per heavy atom. The number of rotatable bonds is 3. The molecular weight excluding hydrogens is 360 g/mol. The van der Waals surface area contributed by atoms with E-state index in [1.165, 1.54) is 30.3 Å². The SMILES string of the molecule is OCc1ccc2c(c1)CC(C(F)(F)F)(C(F)(F)F)N2Cc1ccccc1. The average Bonchev–Trinajstić information content (AvgIpc) is 2.90. The van der Waals surface area contributed by atoms with E-state index in [0.29, 0.717) is 10.5 Å². The van der Waals surface area contributed by atoms with E-state index in [1.54, 1.807) is 18.2 Å². The molecule has 2 aromatic rings. The first kappa shape index (κ1) is 18.6. The Hall–Kier alpha value is -2.22. The first-order valence-electron chi connectivity index (χ1n) is 7.78. The predicted molar refractivity (Wildman–Crippen MR) is 83.5 cm³/mol. The van der Waals surface area contributed by atoms with E-state index in [0.717, 1.165) is 0 Å². The number of halogens is 6. The Morgan fingerprint density at radius 2 is 1.50 bits per heavy atom. The summed E-state index contributed by atoms with van der Waals surface area (Å²) in [5, 5.41) is 9.16. The van der Waals surface area contributed by atoms with Crippen molar-refractivity contribution in [3.63, 3.8) is 0 Å². The molecule has 0 aliphatic carbocycles. The van der Waals surface area contributed by atoms with Crippen molar-refractivity contribution in [3.8, 4) is 0 Å². The van der Waals surface area contributed by atoms with Gasteiger partial charge in [0.05, 0.1) is 6.61 Å². The summed E-state index contributed by atoms with van der Waals surface area (Å²) in [4.78, 5) is 0.388. The van der Waals surface area contributed by atoms with Gasteiger partial charge in [0.1, 0.15) is 0 Å². The molecule has 0 atom stereocenters. The highest BCUT2D eigenvalue weighted by Gasteiger charge is 2.75. The summed E-state index contributed by atoms with van der Waals surface area (Å²) < 4.78 is 82.8. The largest absolute Gasteiger partial charge is 0.420 e. The minimum atomic E-state index is -5.53. The molecule has 0 spiro atoms. The van der Waals surface area contributed by atoms with Crippen LogP contribution in [0.4, 0.5) is 32.0 Å². The summed E-state index contributed by atoms with van der Waals surface area (Å²) in [5.74, 6) is 0. The fourth-order valence-corrected chi connectivity index (χ4v) is 3.37. The third-order valence-corrected chi connectivity index (χ3v) is 4.65. The molecule has 2 aromatic carbocycles. The molecule has 1 aliphatic rings. The molecule has 1 aliphatic heterocycles. The number of hydrogen-bond acceptors (Lipinski definition) is 2. The van der Waals surface area contributed by atoms with E-state index >= 15 is 0 Å². The molecule has 8 heteroatoms. The fourth-order valence-electron chi connectivity index (χ4n) is 3.37. The van der Waals surface area contributed by atoms with Crippen LogP contribution in [-0.2, 0) is 19.6 Å². The Morgan fingerprint density at radius 1 is 0.885 bits per heavy atom. The van der Waals surface area contributed by atoms with Crippen molar-refractivity contribution in [3.05, 3.63) is 65.2 Å². The van der Waals surface area contributed by atoms with Gasteiger partial charge in [-0.05, 0) is 22.8 Å². The van der Waals surface area contributed by atoms with Crippen molar-refractivity contribution in [1.82, 2.24) is 0 Å². The lowest BCUT2D eigenvalue weighted by atomic mass is 9.91. The number of nitrogens with zero attached hydrogens (tertiary/aromatic N) is 1. The zero-order valence-electron chi connectivity index (χ0n) is 13.4. The van der Waals surface area contributed by atoms with Gasteiger partial charge in [-0.3, -0.25) is 0 Å². The van der Waals surface area contributed by atoms with Crippen molar-refractivity contribution in [1.29, 1.82) is 0 Å². The molecule has 0 fully saturated rings. The van der Waals surface area contributed by atoms with Crippen molar-refractivity contribution >= 4 is 5.69 Å². The molecule has 1 heterocycles. The Labute approximate surface area is 145 Å². The van der Waals surface area contributed by atoms with Gasteiger partial charge in [-0.1, -0.05) is 42.5 Å². The molecule has 0 unspecified atom stereocenters. The maximum Gasteiger partial charge on any atom is 0.420 e. The van der Waals surface area contributed by atoms with Crippen molar-refractivity contribution in [2.75, 3.05) is 4.90 Å². The van der Waals surface area contributed by atoms with Crippen molar-refractivity contribution in [2.24, 2.45) is 0 Å². The summed E-state index contributed by atoms with van der Waals surface area (Å²) in [6.07, 6.45) is -12.3. The molecule has 0 saturated heterocycles. The number of anilines is 1. The minimum Gasteiger partial charge on any atom is -0.392 e.